The highest BCUT2D eigenvalue weighted by Crippen LogP contribution is 2.26. The molecule has 1 heterocycles. The van der Waals surface area contributed by atoms with Crippen molar-refractivity contribution in [2.45, 2.75) is 247 Å². The van der Waals surface area contributed by atoms with Gasteiger partial charge in [-0.25, -0.2) is 0 Å². The van der Waals surface area contributed by atoms with Crippen LogP contribution in [0.25, 0.3) is 0 Å². The lowest BCUT2D eigenvalue weighted by atomic mass is 9.91. The molecule has 1 rings (SSSR count). The van der Waals surface area contributed by atoms with Crippen molar-refractivity contribution in [3.05, 3.63) is 12.2 Å². The Labute approximate surface area is 566 Å². The summed E-state index contributed by atoms with van der Waals surface area (Å²) in [5.74, 6) is -9.35. The molecule has 0 bridgehead atoms. The van der Waals surface area contributed by atoms with Gasteiger partial charge >= 0.3 is 0 Å². The van der Waals surface area contributed by atoms with Crippen molar-refractivity contribution in [2.75, 3.05) is 74.0 Å². The van der Waals surface area contributed by atoms with Crippen LogP contribution in [0.3, 0.4) is 0 Å². The van der Waals surface area contributed by atoms with Gasteiger partial charge in [-0.05, 0) is 128 Å². The van der Waals surface area contributed by atoms with Gasteiger partial charge in [0.25, 0.3) is 0 Å². The molecule has 540 valence electrons. The van der Waals surface area contributed by atoms with Crippen LogP contribution in [0.4, 0.5) is 0 Å². The Hall–Kier alpha value is -5.70. The number of thioether (sulfide) groups is 1. The summed E-state index contributed by atoms with van der Waals surface area (Å²) in [6.45, 7) is 28.5. The van der Waals surface area contributed by atoms with E-state index in [2.05, 4.69) is 21.3 Å². The fraction of sp³-hybridized carbons (Fsp3) is 0.809. The van der Waals surface area contributed by atoms with Crippen LogP contribution in [-0.4, -0.2) is 267 Å². The van der Waals surface area contributed by atoms with Gasteiger partial charge in [0.2, 0.25) is 59.1 Å². The van der Waals surface area contributed by atoms with Gasteiger partial charge < -0.3 is 66.0 Å². The van der Waals surface area contributed by atoms with Gasteiger partial charge in [0.15, 0.2) is 5.78 Å². The molecule has 13 atom stereocenters. The van der Waals surface area contributed by atoms with E-state index in [9.17, 15) is 48.9 Å². The van der Waals surface area contributed by atoms with Crippen molar-refractivity contribution in [3.8, 4) is 0 Å². The summed E-state index contributed by atoms with van der Waals surface area (Å²) in [5, 5.41) is 44.1. The van der Waals surface area contributed by atoms with Gasteiger partial charge in [-0.2, -0.15) is 11.8 Å². The predicted octanol–water partition coefficient (Wildman–Crippen LogP) is 3.30. The number of carbonyl (C=O) groups excluding carboxylic acids is 11. The van der Waals surface area contributed by atoms with Crippen molar-refractivity contribution in [3.63, 3.8) is 0 Å². The van der Waals surface area contributed by atoms with E-state index >= 15 is 19.2 Å². The predicted molar refractivity (Wildman–Crippen MR) is 367 cm³/mol. The highest BCUT2D eigenvalue weighted by Gasteiger charge is 2.46. The minimum Gasteiger partial charge on any atom is -0.396 e. The molecule has 1 aliphatic rings. The van der Waals surface area contributed by atoms with E-state index in [1.807, 2.05) is 41.5 Å². The van der Waals surface area contributed by atoms with Crippen molar-refractivity contribution in [2.24, 2.45) is 35.5 Å². The molecule has 0 unspecified atom stereocenters. The van der Waals surface area contributed by atoms with E-state index in [0.29, 0.717) is 18.6 Å². The van der Waals surface area contributed by atoms with Crippen molar-refractivity contribution < 1.29 is 68.1 Å². The maximum atomic E-state index is 15.3. The number of aliphatic hydroxyl groups is 3. The van der Waals surface area contributed by atoms with Gasteiger partial charge in [-0.15, -0.1) is 0 Å². The highest BCUT2D eigenvalue weighted by molar-refractivity contribution is 7.99. The maximum Gasteiger partial charge on any atom is 0.246 e. The second kappa shape index (κ2) is 40.1. The summed E-state index contributed by atoms with van der Waals surface area (Å²) in [7, 11) is 10.0. The average Bonchev–Trinajstić information content (AvgIpc) is 0.814. The summed E-state index contributed by atoms with van der Waals surface area (Å²) < 4.78 is 0. The van der Waals surface area contributed by atoms with Crippen LogP contribution in [0.1, 0.15) is 169 Å². The van der Waals surface area contributed by atoms with Crippen LogP contribution in [0.5, 0.6) is 0 Å². The first kappa shape index (κ1) is 86.3. The van der Waals surface area contributed by atoms with Gasteiger partial charge in [-0.3, -0.25) is 57.6 Å². The summed E-state index contributed by atoms with van der Waals surface area (Å²) in [6.07, 6.45) is 3.55. The minimum absolute atomic E-state index is 0.0123. The number of allylic oxidation sites excluding steroid dienone is 2. The first-order valence-electron chi connectivity index (χ1n) is 33.7. The lowest BCUT2D eigenvalue weighted by molar-refractivity contribution is -0.157. The first-order valence-corrected chi connectivity index (χ1v) is 34.9. The molecule has 26 heteroatoms. The third kappa shape index (κ3) is 25.7. The average molecular weight is 1350 g/mol. The Balaban J connectivity index is 4.50. The van der Waals surface area contributed by atoms with Crippen molar-refractivity contribution in [1.82, 2.24) is 55.6 Å². The Kier molecular flexibility index (Phi) is 36.8. The molecule has 0 radical (unpaired) electrons. The topological polar surface area (TPSA) is 319 Å². The zero-order valence-corrected chi connectivity index (χ0v) is 62.2. The molecule has 1 saturated heterocycles. The van der Waals surface area contributed by atoms with E-state index in [0.717, 1.165) is 4.90 Å². The number of amides is 10. The number of nitrogens with zero attached hydrogens (tertiary/aromatic N) is 7. The zero-order valence-electron chi connectivity index (χ0n) is 61.4. The van der Waals surface area contributed by atoms with Crippen LogP contribution >= 0.6 is 11.8 Å². The molecule has 0 aromatic carbocycles. The van der Waals surface area contributed by atoms with E-state index in [4.69, 9.17) is 0 Å². The van der Waals surface area contributed by atoms with Gasteiger partial charge in [-0.1, -0.05) is 95.2 Å². The Morgan fingerprint density at radius 1 is 0.543 bits per heavy atom. The van der Waals surface area contributed by atoms with Crippen LogP contribution in [0.2, 0.25) is 0 Å². The van der Waals surface area contributed by atoms with E-state index < -0.39 is 167 Å². The maximum absolute atomic E-state index is 15.3. The molecule has 0 aromatic heterocycles. The number of rotatable bonds is 21. The lowest BCUT2D eigenvalue weighted by Crippen LogP contribution is -2.64. The Morgan fingerprint density at radius 3 is 1.49 bits per heavy atom. The Bertz CT molecular complexity index is 2540. The molecule has 1 aliphatic heterocycles. The second-order valence-electron chi connectivity index (χ2n) is 28.6. The normalized spacial score (nSPS) is 26.7. The van der Waals surface area contributed by atoms with Gasteiger partial charge in [0.1, 0.15) is 60.4 Å². The molecular weight excluding hydrogens is 1230 g/mol. The van der Waals surface area contributed by atoms with Crippen molar-refractivity contribution >= 4 is 76.6 Å². The monoisotopic (exact) mass is 1350 g/mol. The number of unbranched alkanes of at least 4 members (excludes halogenated alkanes) is 1. The number of carbonyl (C=O) groups is 11. The number of hydrogen-bond acceptors (Lipinski definition) is 16. The summed E-state index contributed by atoms with van der Waals surface area (Å²) in [4.78, 5) is 172. The van der Waals surface area contributed by atoms with Crippen LogP contribution in [-0.2, 0) is 52.7 Å². The fourth-order valence-electron chi connectivity index (χ4n) is 11.7. The molecule has 0 saturated carbocycles. The number of hydrogen-bond donors (Lipinski definition) is 7. The number of aliphatic hydroxyl groups excluding tert-OH is 2. The molecule has 7 N–H and O–H groups in total. The number of nitrogens with one attached hydrogen (secondary N) is 4. The molecule has 0 aromatic rings. The van der Waals surface area contributed by atoms with Gasteiger partial charge in [0.05, 0.1) is 24.3 Å². The standard InChI is InChI=1S/C68H123N11O14S/c1-25-27-30-44(13)57(82)56-61(86)71-47(26-2)63(88)77(22)52(38-94-32-29-28-31-80)53(81)37-73(18)51(36-68(16,17)93)60(85)72-54(42(9)10)66(91)74(19)48(33-39(3)4)59(84)69-45(14)58(83)70-46(15)62(87)75(20)49(34-40(5)6)64(89)76(21)50(35-41(7)8)65(90)78(23)55(43(11)12)67(92)79(56)24/h25,27,39-52,54-57,80,82,93H,26,28-38H2,1-24H3,(H,69,84)(H,70,83)(H,71,86)(H,72,85)/t44-,45+,46-,47+,48+,49+,50+,51+,52+,54+,55+,56+,57-/m1/s1. The number of Topliss-reactive ketones (excluding diaryl/α,β-unsaturated/α-hetero) is 1. The van der Waals surface area contributed by atoms with Crippen molar-refractivity contribution in [1.29, 1.82) is 0 Å². The SMILES string of the molecule is CC=CC[C@@H](C)[C@@H](O)[C@H]1C(=O)N[C@@H](CC)C(=O)N(C)[C@@H](CSCCCCO)C(=O)CN(C)[C@@H](CC(C)(C)O)C(=O)N[C@@H](C(C)C)C(=O)N(C)[C@@H](CC(C)C)C(=O)N[C@@H](C)C(=O)N[C@H](C)C(=O)N(C)[C@@H](CC(C)C)C(=O)N(C)[C@@H](CC(C)C)C(=O)N(C)[C@@H](C(C)C)C(=O)N1C. The molecular formula is C68H123N11O14S. The quantitative estimate of drug-likeness (QED) is 0.0641. The smallest absolute Gasteiger partial charge is 0.246 e. The minimum atomic E-state index is -1.65. The molecule has 0 spiro atoms. The first-order chi connectivity index (χ1) is 43.4. The van der Waals surface area contributed by atoms with E-state index in [1.54, 1.807) is 60.6 Å². The zero-order chi connectivity index (χ0) is 72.7. The third-order valence-electron chi connectivity index (χ3n) is 17.6. The molecule has 25 nitrogen and oxygen atoms in total. The lowest BCUT2D eigenvalue weighted by Gasteiger charge is -2.41. The third-order valence-corrected chi connectivity index (χ3v) is 18.7. The summed E-state index contributed by atoms with van der Waals surface area (Å²) in [5.41, 5.74) is -1.51. The molecule has 94 heavy (non-hydrogen) atoms. The van der Waals surface area contributed by atoms with E-state index in [1.165, 1.54) is 118 Å². The highest BCUT2D eigenvalue weighted by atomic mass is 32.2. The molecule has 0 aliphatic carbocycles. The Morgan fingerprint density at radius 2 is 1.01 bits per heavy atom. The molecule has 10 amide bonds. The van der Waals surface area contributed by atoms with Crippen LogP contribution < -0.4 is 21.3 Å². The number of likely N-dealkylation sites (N-methyl/N-ethyl adjacent to an activating group) is 7. The van der Waals surface area contributed by atoms with Gasteiger partial charge in [0, 0.05) is 61.1 Å². The second-order valence-corrected chi connectivity index (χ2v) is 29.8. The summed E-state index contributed by atoms with van der Waals surface area (Å²) >= 11 is 1.35. The number of ketones is 1. The largest absolute Gasteiger partial charge is 0.396 e. The van der Waals surface area contributed by atoms with E-state index in [-0.39, 0.29) is 68.6 Å². The van der Waals surface area contributed by atoms with Crippen LogP contribution in [0, 0.1) is 35.5 Å². The summed E-state index contributed by atoms with van der Waals surface area (Å²) in [6, 6.07) is -14.0. The van der Waals surface area contributed by atoms with Crippen LogP contribution in [0.15, 0.2) is 12.2 Å². The molecule has 1 fully saturated rings. The fourth-order valence-corrected chi connectivity index (χ4v) is 12.9.